The molecule has 1 N–H and O–H groups in total. The maximum atomic E-state index is 9.01. The van der Waals surface area contributed by atoms with Gasteiger partial charge in [0.1, 0.15) is 6.04 Å². The second kappa shape index (κ2) is 6.46. The third-order valence-corrected chi connectivity index (χ3v) is 2.13. The zero-order valence-corrected chi connectivity index (χ0v) is 9.09. The lowest BCUT2D eigenvalue weighted by atomic mass is 10.1. The highest BCUT2D eigenvalue weighted by Gasteiger charge is 2.08. The molecule has 0 aliphatic rings. The van der Waals surface area contributed by atoms with E-state index in [1.165, 1.54) is 0 Å². The van der Waals surface area contributed by atoms with Crippen LogP contribution in [-0.4, -0.2) is 13.1 Å². The normalized spacial score (nSPS) is 11.2. The molecule has 0 spiro atoms. The van der Waals surface area contributed by atoms with Gasteiger partial charge < -0.3 is 0 Å². The van der Waals surface area contributed by atoms with Crippen molar-refractivity contribution in [1.82, 2.24) is 5.32 Å². The van der Waals surface area contributed by atoms with Gasteiger partial charge in [-0.1, -0.05) is 34.9 Å². The average molecular weight is 215 g/mol. The summed E-state index contributed by atoms with van der Waals surface area (Å²) in [6.45, 7) is 2.83. The SMILES string of the molecule is Cc1cccc(C(C#N)NCCN=[N+]=[N-])c1. The monoisotopic (exact) mass is 215 g/mol. The predicted octanol–water partition coefficient (Wildman–Crippen LogP) is 2.46. The fourth-order valence-corrected chi connectivity index (χ4v) is 1.39. The highest BCUT2D eigenvalue weighted by molar-refractivity contribution is 5.28. The van der Waals surface area contributed by atoms with Crippen molar-refractivity contribution in [3.8, 4) is 6.07 Å². The van der Waals surface area contributed by atoms with Crippen LogP contribution in [0.5, 0.6) is 0 Å². The van der Waals surface area contributed by atoms with E-state index in [4.69, 9.17) is 10.8 Å². The summed E-state index contributed by atoms with van der Waals surface area (Å²) in [4.78, 5) is 2.65. The van der Waals surface area contributed by atoms with E-state index in [0.717, 1.165) is 11.1 Å². The van der Waals surface area contributed by atoms with Crippen LogP contribution >= 0.6 is 0 Å². The molecule has 0 amide bonds. The molecule has 0 aromatic heterocycles. The summed E-state index contributed by atoms with van der Waals surface area (Å²) in [6.07, 6.45) is 0. The number of nitrogens with zero attached hydrogens (tertiary/aromatic N) is 4. The Morgan fingerprint density at radius 1 is 1.62 bits per heavy atom. The van der Waals surface area contributed by atoms with E-state index >= 15 is 0 Å². The number of nitrogens with one attached hydrogen (secondary N) is 1. The minimum absolute atomic E-state index is 0.348. The number of nitriles is 1. The van der Waals surface area contributed by atoms with Crippen molar-refractivity contribution in [1.29, 1.82) is 5.26 Å². The van der Waals surface area contributed by atoms with E-state index in [2.05, 4.69) is 21.4 Å². The Labute approximate surface area is 94.3 Å². The van der Waals surface area contributed by atoms with Crippen LogP contribution in [-0.2, 0) is 0 Å². The molecule has 0 heterocycles. The molecule has 0 saturated carbocycles. The Balaban J connectivity index is 2.61. The Kier molecular flexibility index (Phi) is 4.87. The minimum Gasteiger partial charge on any atom is -0.298 e. The molecule has 82 valence electrons. The maximum Gasteiger partial charge on any atom is 0.121 e. The molecule has 0 bridgehead atoms. The third kappa shape index (κ3) is 3.62. The van der Waals surface area contributed by atoms with Crippen LogP contribution in [0.15, 0.2) is 29.4 Å². The Morgan fingerprint density at radius 3 is 3.06 bits per heavy atom. The molecular formula is C11H13N5. The first-order valence-electron chi connectivity index (χ1n) is 4.98. The van der Waals surface area contributed by atoms with E-state index in [1.54, 1.807) is 0 Å². The third-order valence-electron chi connectivity index (χ3n) is 2.13. The largest absolute Gasteiger partial charge is 0.298 e. The van der Waals surface area contributed by atoms with Crippen LogP contribution in [0.1, 0.15) is 17.2 Å². The van der Waals surface area contributed by atoms with E-state index < -0.39 is 0 Å². The van der Waals surface area contributed by atoms with E-state index in [1.807, 2.05) is 31.2 Å². The molecule has 0 radical (unpaired) electrons. The Hall–Kier alpha value is -2.02. The van der Waals surface area contributed by atoms with Gasteiger partial charge >= 0.3 is 0 Å². The van der Waals surface area contributed by atoms with Gasteiger partial charge in [-0.3, -0.25) is 5.32 Å². The number of hydrogen-bond donors (Lipinski definition) is 1. The van der Waals surface area contributed by atoms with Crippen molar-refractivity contribution in [2.24, 2.45) is 5.11 Å². The second-order valence-corrected chi connectivity index (χ2v) is 3.38. The first kappa shape index (κ1) is 12.1. The van der Waals surface area contributed by atoms with Crippen molar-refractivity contribution < 1.29 is 0 Å². The van der Waals surface area contributed by atoms with Crippen molar-refractivity contribution in [2.45, 2.75) is 13.0 Å². The summed E-state index contributed by atoms with van der Waals surface area (Å²) < 4.78 is 0. The second-order valence-electron chi connectivity index (χ2n) is 3.38. The van der Waals surface area contributed by atoms with Crippen molar-refractivity contribution >= 4 is 0 Å². The number of hydrogen-bond acceptors (Lipinski definition) is 3. The molecule has 1 aromatic carbocycles. The van der Waals surface area contributed by atoms with Gasteiger partial charge in [-0.15, -0.1) is 0 Å². The first-order valence-corrected chi connectivity index (χ1v) is 4.98. The highest BCUT2D eigenvalue weighted by atomic mass is 15.1. The zero-order chi connectivity index (χ0) is 11.8. The van der Waals surface area contributed by atoms with Gasteiger partial charge in [-0.05, 0) is 18.0 Å². The molecule has 16 heavy (non-hydrogen) atoms. The smallest absolute Gasteiger partial charge is 0.121 e. The van der Waals surface area contributed by atoms with Gasteiger partial charge in [0, 0.05) is 18.0 Å². The first-order chi connectivity index (χ1) is 7.77. The summed E-state index contributed by atoms with van der Waals surface area (Å²) >= 11 is 0. The predicted molar refractivity (Wildman–Crippen MR) is 61.5 cm³/mol. The zero-order valence-electron chi connectivity index (χ0n) is 9.09. The van der Waals surface area contributed by atoms with Crippen LogP contribution in [0.3, 0.4) is 0 Å². The van der Waals surface area contributed by atoms with E-state index in [-0.39, 0.29) is 6.04 Å². The maximum absolute atomic E-state index is 9.01. The molecule has 0 fully saturated rings. The van der Waals surface area contributed by atoms with Crippen LogP contribution in [0.2, 0.25) is 0 Å². The molecule has 0 aliphatic heterocycles. The van der Waals surface area contributed by atoms with Crippen LogP contribution < -0.4 is 5.32 Å². The Morgan fingerprint density at radius 2 is 2.44 bits per heavy atom. The van der Waals surface area contributed by atoms with Crippen molar-refractivity contribution in [2.75, 3.05) is 13.1 Å². The summed E-state index contributed by atoms with van der Waals surface area (Å²) in [5.74, 6) is 0. The van der Waals surface area contributed by atoms with Gasteiger partial charge in [0.25, 0.3) is 0 Å². The Bertz CT molecular complexity index is 428. The van der Waals surface area contributed by atoms with Gasteiger partial charge in [0.15, 0.2) is 0 Å². The fourth-order valence-electron chi connectivity index (χ4n) is 1.39. The van der Waals surface area contributed by atoms with Gasteiger partial charge in [-0.2, -0.15) is 5.26 Å². The van der Waals surface area contributed by atoms with Crippen LogP contribution in [0.25, 0.3) is 10.4 Å². The van der Waals surface area contributed by atoms with E-state index in [9.17, 15) is 0 Å². The molecule has 1 aromatic rings. The van der Waals surface area contributed by atoms with Crippen molar-refractivity contribution in [3.05, 3.63) is 45.8 Å². The molecule has 1 unspecified atom stereocenters. The van der Waals surface area contributed by atoms with Crippen LogP contribution in [0, 0.1) is 18.3 Å². The molecule has 1 atom stereocenters. The van der Waals surface area contributed by atoms with Gasteiger partial charge in [0.05, 0.1) is 6.07 Å². The number of aryl methyl sites for hydroxylation is 1. The summed E-state index contributed by atoms with van der Waals surface area (Å²) in [7, 11) is 0. The topological polar surface area (TPSA) is 84.6 Å². The molecule has 0 saturated heterocycles. The number of benzene rings is 1. The van der Waals surface area contributed by atoms with Gasteiger partial charge in [0.2, 0.25) is 0 Å². The molecule has 5 heteroatoms. The lowest BCUT2D eigenvalue weighted by Gasteiger charge is -2.11. The summed E-state index contributed by atoms with van der Waals surface area (Å²) in [5.41, 5.74) is 10.2. The van der Waals surface area contributed by atoms with E-state index in [0.29, 0.717) is 13.1 Å². The average Bonchev–Trinajstić information content (AvgIpc) is 2.29. The number of azide groups is 1. The lowest BCUT2D eigenvalue weighted by Crippen LogP contribution is -2.22. The quantitative estimate of drug-likeness (QED) is 0.354. The standard InChI is InChI=1S/C11H13N5/c1-9-3-2-4-10(7-9)11(8-12)14-5-6-15-16-13/h2-4,7,11,14H,5-6H2,1H3. The summed E-state index contributed by atoms with van der Waals surface area (Å²) in [6, 6.07) is 9.60. The van der Waals surface area contributed by atoms with Crippen molar-refractivity contribution in [3.63, 3.8) is 0 Å². The molecule has 0 aliphatic carbocycles. The number of rotatable bonds is 5. The molecule has 5 nitrogen and oxygen atoms in total. The minimum atomic E-state index is -0.353. The molecular weight excluding hydrogens is 202 g/mol. The lowest BCUT2D eigenvalue weighted by molar-refractivity contribution is 0.635. The summed E-state index contributed by atoms with van der Waals surface area (Å²) in [5, 5.41) is 15.4. The molecule has 1 rings (SSSR count). The fraction of sp³-hybridized carbons (Fsp3) is 0.364. The highest BCUT2D eigenvalue weighted by Crippen LogP contribution is 2.13. The van der Waals surface area contributed by atoms with Gasteiger partial charge in [-0.25, -0.2) is 0 Å². The van der Waals surface area contributed by atoms with Crippen LogP contribution in [0.4, 0.5) is 0 Å².